The van der Waals surface area contributed by atoms with Crippen LogP contribution >= 0.6 is 0 Å². The summed E-state index contributed by atoms with van der Waals surface area (Å²) in [5.41, 5.74) is 0.661. The summed E-state index contributed by atoms with van der Waals surface area (Å²) in [6.45, 7) is 8.41. The number of benzene rings is 1. The molecule has 1 aliphatic carbocycles. The van der Waals surface area contributed by atoms with Crippen molar-refractivity contribution in [3.05, 3.63) is 35.9 Å². The molecule has 0 heterocycles. The van der Waals surface area contributed by atoms with Crippen LogP contribution in [0.3, 0.4) is 0 Å². The van der Waals surface area contributed by atoms with E-state index in [-0.39, 0.29) is 22.4 Å². The van der Waals surface area contributed by atoms with E-state index >= 15 is 0 Å². The van der Waals surface area contributed by atoms with Crippen molar-refractivity contribution in [3.63, 3.8) is 0 Å². The first kappa shape index (κ1) is 18.9. The minimum Gasteiger partial charge on any atom is -0.366 e. The number of ketones is 2. The molecule has 1 aromatic rings. The lowest BCUT2D eigenvalue weighted by atomic mass is 9.65. The molecular formula is C21H30O3. The molecule has 1 aromatic carbocycles. The van der Waals surface area contributed by atoms with Gasteiger partial charge in [0.15, 0.2) is 5.78 Å². The minimum atomic E-state index is -0.503. The minimum absolute atomic E-state index is 0.0192. The van der Waals surface area contributed by atoms with Crippen LogP contribution in [-0.4, -0.2) is 17.7 Å². The molecule has 3 nitrogen and oxygen atoms in total. The van der Waals surface area contributed by atoms with E-state index in [1.54, 1.807) is 6.92 Å². The normalized spacial score (nSPS) is 23.8. The number of rotatable bonds is 8. The molecule has 24 heavy (non-hydrogen) atoms. The maximum atomic E-state index is 13.3. The average molecular weight is 330 g/mol. The molecular weight excluding hydrogens is 300 g/mol. The number of hydrogen-bond acceptors (Lipinski definition) is 3. The second-order valence-corrected chi connectivity index (χ2v) is 7.96. The van der Waals surface area contributed by atoms with Gasteiger partial charge in [-0.05, 0) is 37.2 Å². The van der Waals surface area contributed by atoms with Crippen molar-refractivity contribution < 1.29 is 14.3 Å². The standard InChI is InChI=1S/C21H30O3/c1-16(22)11-12-18(24-15-17-9-6-5-7-10-17)19(23)21(4)14-8-13-20(21,2)3/h5-7,9-10,18H,8,11-15H2,1-4H3/t18?,21-/m1/s1. The van der Waals surface area contributed by atoms with E-state index in [1.165, 1.54) is 0 Å². The fourth-order valence-electron chi connectivity index (χ4n) is 3.71. The van der Waals surface area contributed by atoms with Crippen LogP contribution in [0, 0.1) is 10.8 Å². The summed E-state index contributed by atoms with van der Waals surface area (Å²) in [4.78, 5) is 24.7. The molecule has 0 N–H and O–H groups in total. The van der Waals surface area contributed by atoms with E-state index in [2.05, 4.69) is 20.8 Å². The van der Waals surface area contributed by atoms with Crippen molar-refractivity contribution >= 4 is 11.6 Å². The highest BCUT2D eigenvalue weighted by molar-refractivity contribution is 5.90. The molecule has 2 atom stereocenters. The van der Waals surface area contributed by atoms with Gasteiger partial charge in [-0.25, -0.2) is 0 Å². The van der Waals surface area contributed by atoms with Gasteiger partial charge in [0.25, 0.3) is 0 Å². The van der Waals surface area contributed by atoms with E-state index in [1.807, 2.05) is 30.3 Å². The van der Waals surface area contributed by atoms with E-state index < -0.39 is 6.10 Å². The third-order valence-corrected chi connectivity index (χ3v) is 5.86. The fourth-order valence-corrected chi connectivity index (χ4v) is 3.71. The van der Waals surface area contributed by atoms with E-state index in [0.29, 0.717) is 19.4 Å². The second kappa shape index (κ2) is 7.60. The van der Waals surface area contributed by atoms with Crippen molar-refractivity contribution in [2.45, 2.75) is 72.5 Å². The molecule has 0 bridgehead atoms. The SMILES string of the molecule is CC(=O)CCC(OCc1ccccc1)C(=O)[C@@]1(C)CCCC1(C)C. The van der Waals surface area contributed by atoms with Gasteiger partial charge in [-0.3, -0.25) is 4.79 Å². The number of carbonyl (C=O) groups excluding carboxylic acids is 2. The summed E-state index contributed by atoms with van der Waals surface area (Å²) in [5.74, 6) is 0.272. The van der Waals surface area contributed by atoms with E-state index in [4.69, 9.17) is 4.74 Å². The average Bonchev–Trinajstić information content (AvgIpc) is 2.82. The first-order chi connectivity index (χ1) is 11.3. The Kier molecular flexibility index (Phi) is 5.97. The number of Topliss-reactive ketones (excluding diaryl/α,β-unsaturated/α-hetero) is 2. The van der Waals surface area contributed by atoms with Gasteiger partial charge in [-0.15, -0.1) is 0 Å². The van der Waals surface area contributed by atoms with Crippen LogP contribution < -0.4 is 0 Å². The van der Waals surface area contributed by atoms with Gasteiger partial charge >= 0.3 is 0 Å². The Balaban J connectivity index is 2.12. The zero-order valence-electron chi connectivity index (χ0n) is 15.4. The van der Waals surface area contributed by atoms with Crippen LogP contribution in [-0.2, 0) is 20.9 Å². The fraction of sp³-hybridized carbons (Fsp3) is 0.619. The molecule has 1 aliphatic rings. The Morgan fingerprint density at radius 1 is 1.12 bits per heavy atom. The molecule has 1 saturated carbocycles. The van der Waals surface area contributed by atoms with Crippen LogP contribution in [0.15, 0.2) is 30.3 Å². The highest BCUT2D eigenvalue weighted by Crippen LogP contribution is 2.53. The first-order valence-corrected chi connectivity index (χ1v) is 8.95. The smallest absolute Gasteiger partial charge is 0.167 e. The molecule has 0 amide bonds. The molecule has 0 spiro atoms. The zero-order chi connectivity index (χ0) is 17.8. The van der Waals surface area contributed by atoms with Gasteiger partial charge in [-0.2, -0.15) is 0 Å². The lowest BCUT2D eigenvalue weighted by Crippen LogP contribution is -2.44. The van der Waals surface area contributed by atoms with Gasteiger partial charge < -0.3 is 9.53 Å². The van der Waals surface area contributed by atoms with Gasteiger partial charge in [0.05, 0.1) is 6.61 Å². The molecule has 0 aromatic heterocycles. The number of hydrogen-bond donors (Lipinski definition) is 0. The predicted octanol–water partition coefficient (Wildman–Crippen LogP) is 4.73. The van der Waals surface area contributed by atoms with Crippen molar-refractivity contribution in [1.29, 1.82) is 0 Å². The van der Waals surface area contributed by atoms with Crippen molar-refractivity contribution in [1.82, 2.24) is 0 Å². The molecule has 2 rings (SSSR count). The van der Waals surface area contributed by atoms with Crippen molar-refractivity contribution in [2.75, 3.05) is 0 Å². The van der Waals surface area contributed by atoms with E-state index in [0.717, 1.165) is 24.8 Å². The van der Waals surface area contributed by atoms with Gasteiger partial charge in [-0.1, -0.05) is 57.5 Å². The molecule has 3 heteroatoms. The number of ether oxygens (including phenoxy) is 1. The van der Waals surface area contributed by atoms with Gasteiger partial charge in [0, 0.05) is 11.8 Å². The van der Waals surface area contributed by atoms with Gasteiger partial charge in [0.1, 0.15) is 11.9 Å². The molecule has 0 aliphatic heterocycles. The number of carbonyl (C=O) groups is 2. The summed E-state index contributed by atoms with van der Waals surface area (Å²) in [6.07, 6.45) is 3.41. The topological polar surface area (TPSA) is 43.4 Å². The van der Waals surface area contributed by atoms with Crippen LogP contribution in [0.4, 0.5) is 0 Å². The third kappa shape index (κ3) is 4.13. The Morgan fingerprint density at radius 2 is 1.79 bits per heavy atom. The Morgan fingerprint density at radius 3 is 2.33 bits per heavy atom. The highest BCUT2D eigenvalue weighted by atomic mass is 16.5. The summed E-state index contributed by atoms with van der Waals surface area (Å²) >= 11 is 0. The van der Waals surface area contributed by atoms with Crippen LogP contribution in [0.5, 0.6) is 0 Å². The maximum Gasteiger partial charge on any atom is 0.167 e. The molecule has 0 saturated heterocycles. The molecule has 0 radical (unpaired) electrons. The van der Waals surface area contributed by atoms with Crippen molar-refractivity contribution in [2.24, 2.45) is 10.8 Å². The Labute approximate surface area is 145 Å². The summed E-state index contributed by atoms with van der Waals surface area (Å²) in [6, 6.07) is 9.88. The lowest BCUT2D eigenvalue weighted by molar-refractivity contribution is -0.146. The second-order valence-electron chi connectivity index (χ2n) is 7.96. The van der Waals surface area contributed by atoms with Crippen LogP contribution in [0.1, 0.15) is 65.4 Å². The summed E-state index contributed by atoms with van der Waals surface area (Å²) in [5, 5.41) is 0. The lowest BCUT2D eigenvalue weighted by Gasteiger charge is -2.39. The van der Waals surface area contributed by atoms with Crippen LogP contribution in [0.2, 0.25) is 0 Å². The largest absolute Gasteiger partial charge is 0.366 e. The molecule has 1 unspecified atom stereocenters. The first-order valence-electron chi connectivity index (χ1n) is 8.95. The Bertz CT molecular complexity index is 576. The monoisotopic (exact) mass is 330 g/mol. The third-order valence-electron chi connectivity index (χ3n) is 5.86. The predicted molar refractivity (Wildman–Crippen MR) is 95.7 cm³/mol. The quantitative estimate of drug-likeness (QED) is 0.692. The molecule has 132 valence electrons. The summed E-state index contributed by atoms with van der Waals surface area (Å²) < 4.78 is 6.01. The van der Waals surface area contributed by atoms with E-state index in [9.17, 15) is 9.59 Å². The Hall–Kier alpha value is -1.48. The maximum absolute atomic E-state index is 13.3. The zero-order valence-corrected chi connectivity index (χ0v) is 15.4. The molecule has 1 fully saturated rings. The summed E-state index contributed by atoms with van der Waals surface area (Å²) in [7, 11) is 0. The van der Waals surface area contributed by atoms with Gasteiger partial charge in [0.2, 0.25) is 0 Å². The highest BCUT2D eigenvalue weighted by Gasteiger charge is 2.52. The van der Waals surface area contributed by atoms with Crippen molar-refractivity contribution in [3.8, 4) is 0 Å². The van der Waals surface area contributed by atoms with Crippen LogP contribution in [0.25, 0.3) is 0 Å².